The number of thiazole rings is 1. The third-order valence-corrected chi connectivity index (χ3v) is 5.87. The second kappa shape index (κ2) is 7.03. The predicted molar refractivity (Wildman–Crippen MR) is 96.0 cm³/mol. The molecule has 1 aromatic carbocycles. The zero-order valence-electron chi connectivity index (χ0n) is 13.4. The molecular formula is C17H23BrN2S. The summed E-state index contributed by atoms with van der Waals surface area (Å²) in [6.07, 6.45) is 0. The first-order chi connectivity index (χ1) is 9.88. The molecule has 2 rings (SSSR count). The number of hydrogen-bond acceptors (Lipinski definition) is 3. The first-order valence-electron chi connectivity index (χ1n) is 7.32. The Morgan fingerprint density at radius 2 is 1.81 bits per heavy atom. The lowest BCUT2D eigenvalue weighted by Gasteiger charge is -2.06. The van der Waals surface area contributed by atoms with Crippen LogP contribution in [0.1, 0.15) is 35.5 Å². The fourth-order valence-electron chi connectivity index (χ4n) is 2.26. The lowest BCUT2D eigenvalue weighted by molar-refractivity contribution is 0.554. The van der Waals surface area contributed by atoms with Crippen LogP contribution in [0.3, 0.4) is 0 Å². The molecule has 0 bridgehead atoms. The van der Waals surface area contributed by atoms with E-state index in [-0.39, 0.29) is 0 Å². The Balaban J connectivity index is 2.22. The molecule has 0 unspecified atom stereocenters. The van der Waals surface area contributed by atoms with Crippen molar-refractivity contribution in [3.8, 4) is 10.6 Å². The summed E-state index contributed by atoms with van der Waals surface area (Å²) in [4.78, 5) is 6.09. The van der Waals surface area contributed by atoms with Gasteiger partial charge in [0, 0.05) is 21.5 Å². The molecule has 0 amide bonds. The second-order valence-corrected chi connectivity index (χ2v) is 7.85. The van der Waals surface area contributed by atoms with Crippen LogP contribution in [0, 0.1) is 26.7 Å². The molecule has 0 atom stereocenters. The van der Waals surface area contributed by atoms with Gasteiger partial charge in [0.15, 0.2) is 0 Å². The van der Waals surface area contributed by atoms with E-state index >= 15 is 0 Å². The number of nitrogens with zero attached hydrogens (tertiary/aromatic N) is 1. The maximum atomic E-state index is 4.75. The minimum atomic E-state index is 0.675. The zero-order chi connectivity index (χ0) is 15.6. The Morgan fingerprint density at radius 1 is 1.19 bits per heavy atom. The van der Waals surface area contributed by atoms with E-state index in [1.165, 1.54) is 26.0 Å². The number of halogens is 1. The summed E-state index contributed by atoms with van der Waals surface area (Å²) in [6.45, 7) is 12.8. The Bertz CT molecular complexity index is 609. The molecule has 0 spiro atoms. The van der Waals surface area contributed by atoms with E-state index in [9.17, 15) is 0 Å². The van der Waals surface area contributed by atoms with Crippen LogP contribution < -0.4 is 5.32 Å². The van der Waals surface area contributed by atoms with E-state index in [4.69, 9.17) is 4.98 Å². The van der Waals surface area contributed by atoms with Gasteiger partial charge in [-0.25, -0.2) is 4.98 Å². The number of hydrogen-bond donors (Lipinski definition) is 1. The topological polar surface area (TPSA) is 24.9 Å². The van der Waals surface area contributed by atoms with Crippen molar-refractivity contribution in [3.05, 3.63) is 38.3 Å². The minimum Gasteiger partial charge on any atom is -0.312 e. The molecule has 0 saturated carbocycles. The molecule has 0 radical (unpaired) electrons. The lowest BCUT2D eigenvalue weighted by Crippen LogP contribution is -2.18. The van der Waals surface area contributed by atoms with Crippen LogP contribution in [0.4, 0.5) is 0 Å². The zero-order valence-corrected chi connectivity index (χ0v) is 15.8. The van der Waals surface area contributed by atoms with Gasteiger partial charge < -0.3 is 5.32 Å². The molecule has 21 heavy (non-hydrogen) atoms. The highest BCUT2D eigenvalue weighted by Gasteiger charge is 2.11. The van der Waals surface area contributed by atoms with Crippen molar-refractivity contribution in [1.29, 1.82) is 0 Å². The third-order valence-electron chi connectivity index (χ3n) is 3.41. The molecule has 0 aliphatic heterocycles. The lowest BCUT2D eigenvalue weighted by atomic mass is 10.1. The van der Waals surface area contributed by atoms with Crippen LogP contribution in [0.25, 0.3) is 10.6 Å². The molecule has 2 nitrogen and oxygen atoms in total. The van der Waals surface area contributed by atoms with E-state index in [2.05, 4.69) is 68.0 Å². The molecule has 0 aliphatic carbocycles. The van der Waals surface area contributed by atoms with Gasteiger partial charge in [0.25, 0.3) is 0 Å². The van der Waals surface area contributed by atoms with E-state index in [1.54, 1.807) is 11.3 Å². The molecule has 1 N–H and O–H groups in total. The average molecular weight is 367 g/mol. The SMILES string of the molecule is Cc1cc(-c2nc(C)c(CNCC(C)C)s2)cc(C)c1Br. The fraction of sp³-hybridized carbons (Fsp3) is 0.471. The van der Waals surface area contributed by atoms with Gasteiger partial charge in [-0.05, 0) is 56.5 Å². The fourth-order valence-corrected chi connectivity index (χ4v) is 3.51. The van der Waals surface area contributed by atoms with Gasteiger partial charge in [0.1, 0.15) is 5.01 Å². The highest BCUT2D eigenvalue weighted by molar-refractivity contribution is 9.10. The van der Waals surface area contributed by atoms with Crippen molar-refractivity contribution >= 4 is 27.3 Å². The first-order valence-corrected chi connectivity index (χ1v) is 8.93. The molecule has 1 heterocycles. The number of aryl methyl sites for hydroxylation is 3. The van der Waals surface area contributed by atoms with Crippen molar-refractivity contribution in [3.63, 3.8) is 0 Å². The number of rotatable bonds is 5. The van der Waals surface area contributed by atoms with Gasteiger partial charge >= 0.3 is 0 Å². The van der Waals surface area contributed by atoms with Crippen molar-refractivity contribution < 1.29 is 0 Å². The highest BCUT2D eigenvalue weighted by atomic mass is 79.9. The van der Waals surface area contributed by atoms with Crippen LogP contribution in [0.2, 0.25) is 0 Å². The first kappa shape index (κ1) is 16.7. The maximum absolute atomic E-state index is 4.75. The summed E-state index contributed by atoms with van der Waals surface area (Å²) in [6, 6.07) is 4.42. The second-order valence-electron chi connectivity index (χ2n) is 5.98. The largest absolute Gasteiger partial charge is 0.312 e. The Kier molecular flexibility index (Phi) is 5.58. The molecular weight excluding hydrogens is 344 g/mol. The van der Waals surface area contributed by atoms with Gasteiger partial charge in [0.2, 0.25) is 0 Å². The van der Waals surface area contributed by atoms with Crippen molar-refractivity contribution in [2.45, 2.75) is 41.2 Å². The van der Waals surface area contributed by atoms with E-state index in [0.29, 0.717) is 5.92 Å². The summed E-state index contributed by atoms with van der Waals surface area (Å²) >= 11 is 5.42. The summed E-state index contributed by atoms with van der Waals surface area (Å²) in [5, 5.41) is 4.62. The van der Waals surface area contributed by atoms with E-state index in [0.717, 1.165) is 23.8 Å². The molecule has 0 fully saturated rings. The number of nitrogens with one attached hydrogen (secondary N) is 1. The molecule has 114 valence electrons. The van der Waals surface area contributed by atoms with E-state index in [1.807, 2.05) is 0 Å². The Hall–Kier alpha value is -0.710. The van der Waals surface area contributed by atoms with Crippen LogP contribution in [0.15, 0.2) is 16.6 Å². The molecule has 2 aromatic rings. The Labute approximate surface area is 140 Å². The van der Waals surface area contributed by atoms with Gasteiger partial charge in [-0.3, -0.25) is 0 Å². The molecule has 1 aromatic heterocycles. The monoisotopic (exact) mass is 366 g/mol. The van der Waals surface area contributed by atoms with Gasteiger partial charge in [-0.1, -0.05) is 29.8 Å². The van der Waals surface area contributed by atoms with Gasteiger partial charge in [0.05, 0.1) is 5.69 Å². The Morgan fingerprint density at radius 3 is 2.38 bits per heavy atom. The van der Waals surface area contributed by atoms with Crippen molar-refractivity contribution in [2.24, 2.45) is 5.92 Å². The number of aromatic nitrogens is 1. The third kappa shape index (κ3) is 4.15. The summed E-state index contributed by atoms with van der Waals surface area (Å²) in [5.41, 5.74) is 4.88. The summed E-state index contributed by atoms with van der Waals surface area (Å²) < 4.78 is 1.19. The van der Waals surface area contributed by atoms with Crippen LogP contribution >= 0.6 is 27.3 Å². The smallest absolute Gasteiger partial charge is 0.123 e. The van der Waals surface area contributed by atoms with Gasteiger partial charge in [-0.2, -0.15) is 0 Å². The summed E-state index contributed by atoms with van der Waals surface area (Å²) in [7, 11) is 0. The summed E-state index contributed by atoms with van der Waals surface area (Å²) in [5.74, 6) is 0.675. The van der Waals surface area contributed by atoms with Crippen LogP contribution in [-0.4, -0.2) is 11.5 Å². The molecule has 4 heteroatoms. The van der Waals surface area contributed by atoms with Gasteiger partial charge in [-0.15, -0.1) is 11.3 Å². The maximum Gasteiger partial charge on any atom is 0.123 e. The predicted octanol–water partition coefficient (Wildman–Crippen LogP) is 5.24. The highest BCUT2D eigenvalue weighted by Crippen LogP contribution is 2.32. The normalized spacial score (nSPS) is 11.4. The minimum absolute atomic E-state index is 0.675. The quantitative estimate of drug-likeness (QED) is 0.781. The standard InChI is InChI=1S/C17H23BrN2S/c1-10(2)8-19-9-15-13(5)20-17(21-15)14-6-11(3)16(18)12(4)7-14/h6-7,10,19H,8-9H2,1-5H3. The molecule has 0 saturated heterocycles. The van der Waals surface area contributed by atoms with Crippen LogP contribution in [-0.2, 0) is 6.54 Å². The van der Waals surface area contributed by atoms with Crippen molar-refractivity contribution in [2.75, 3.05) is 6.54 Å². The van der Waals surface area contributed by atoms with Crippen molar-refractivity contribution in [1.82, 2.24) is 10.3 Å². The molecule has 0 aliphatic rings. The van der Waals surface area contributed by atoms with E-state index < -0.39 is 0 Å². The number of benzene rings is 1. The van der Waals surface area contributed by atoms with Crippen LogP contribution in [0.5, 0.6) is 0 Å². The average Bonchev–Trinajstić information content (AvgIpc) is 2.77.